The minimum atomic E-state index is -0.967. The van der Waals surface area contributed by atoms with Crippen LogP contribution < -0.4 is 0 Å². The fourth-order valence-corrected chi connectivity index (χ4v) is 7.10. The van der Waals surface area contributed by atoms with Crippen molar-refractivity contribution in [1.82, 2.24) is 0 Å². The number of hydrogen-bond acceptors (Lipinski definition) is 6. The van der Waals surface area contributed by atoms with E-state index in [1.165, 1.54) is 31.1 Å². The number of ether oxygens (including phenoxy) is 3. The number of carbonyl (C=O) groups excluding carboxylic acids is 3. The highest BCUT2D eigenvalue weighted by molar-refractivity contribution is 5.88. The van der Waals surface area contributed by atoms with E-state index >= 15 is 0 Å². The van der Waals surface area contributed by atoms with Crippen LogP contribution in [0.15, 0.2) is 46.1 Å². The molecule has 4 aliphatic carbocycles. The summed E-state index contributed by atoms with van der Waals surface area (Å²) in [5.74, 6) is -0.590. The fourth-order valence-electron chi connectivity index (χ4n) is 7.10. The maximum atomic E-state index is 12.0. The molecule has 1 fully saturated rings. The number of fused-ring (bicyclic) bond motifs is 4. The highest BCUT2D eigenvalue weighted by atomic mass is 16.7. The Balaban J connectivity index is 1.42. The molecule has 0 N–H and O–H groups in total. The smallest absolute Gasteiger partial charge is 0.334 e. The molecule has 0 aromatic rings. The number of hydrogen-bond donors (Lipinski definition) is 0. The van der Waals surface area contributed by atoms with E-state index in [4.69, 9.17) is 14.2 Å². The van der Waals surface area contributed by atoms with Crippen LogP contribution in [-0.2, 0) is 28.6 Å². The summed E-state index contributed by atoms with van der Waals surface area (Å²) in [7, 11) is 0. The lowest BCUT2D eigenvalue weighted by Crippen LogP contribution is -2.44. The van der Waals surface area contributed by atoms with Crippen LogP contribution in [0.5, 0.6) is 0 Å². The molecule has 0 radical (unpaired) electrons. The molecule has 0 spiro atoms. The first-order chi connectivity index (χ1) is 15.6. The molecule has 33 heavy (non-hydrogen) atoms. The Morgan fingerprint density at radius 3 is 2.45 bits per heavy atom. The van der Waals surface area contributed by atoms with Gasteiger partial charge >= 0.3 is 17.9 Å². The second kappa shape index (κ2) is 7.71. The average molecular weight is 453 g/mol. The van der Waals surface area contributed by atoms with Crippen LogP contribution in [0.3, 0.4) is 0 Å². The van der Waals surface area contributed by atoms with Crippen LogP contribution in [0.25, 0.3) is 0 Å². The molecular weight excluding hydrogens is 420 g/mol. The number of cyclic esters (lactones) is 1. The van der Waals surface area contributed by atoms with Gasteiger partial charge < -0.3 is 14.2 Å². The summed E-state index contributed by atoms with van der Waals surface area (Å²) in [6, 6.07) is 0. The Kier molecular flexibility index (Phi) is 5.18. The molecule has 176 valence electrons. The number of allylic oxidation sites excluding steroid dienone is 5. The molecule has 0 bridgehead atoms. The molecule has 1 aliphatic heterocycles. The van der Waals surface area contributed by atoms with Crippen LogP contribution in [0.2, 0.25) is 0 Å². The molecule has 5 aliphatic rings. The summed E-state index contributed by atoms with van der Waals surface area (Å²) in [6.07, 6.45) is 11.8. The summed E-state index contributed by atoms with van der Waals surface area (Å²) in [4.78, 5) is 35.0. The molecular formula is C27H32O6. The normalized spacial score (nSPS) is 37.2. The summed E-state index contributed by atoms with van der Waals surface area (Å²) >= 11 is 0. The molecule has 0 aromatic carbocycles. The second-order valence-corrected chi connectivity index (χ2v) is 10.6. The van der Waals surface area contributed by atoms with E-state index in [2.05, 4.69) is 26.0 Å². The van der Waals surface area contributed by atoms with Crippen molar-refractivity contribution in [3.63, 3.8) is 0 Å². The largest absolute Gasteiger partial charge is 0.463 e. The van der Waals surface area contributed by atoms with E-state index in [1.54, 1.807) is 5.57 Å². The molecule has 6 heteroatoms. The van der Waals surface area contributed by atoms with Crippen molar-refractivity contribution in [2.24, 2.45) is 16.7 Å². The number of carbonyl (C=O) groups is 3. The lowest BCUT2D eigenvalue weighted by Gasteiger charge is -2.53. The van der Waals surface area contributed by atoms with Gasteiger partial charge in [0.2, 0.25) is 0 Å². The Morgan fingerprint density at radius 2 is 1.73 bits per heavy atom. The molecule has 5 unspecified atom stereocenters. The molecule has 6 nitrogen and oxygen atoms in total. The van der Waals surface area contributed by atoms with Gasteiger partial charge in [-0.05, 0) is 73.0 Å². The Hall–Kier alpha value is -2.63. The van der Waals surface area contributed by atoms with Crippen molar-refractivity contribution >= 4 is 17.9 Å². The molecule has 1 heterocycles. The van der Waals surface area contributed by atoms with Gasteiger partial charge in [-0.15, -0.1) is 0 Å². The summed E-state index contributed by atoms with van der Waals surface area (Å²) in [5, 5.41) is 0. The van der Waals surface area contributed by atoms with Crippen LogP contribution in [0.4, 0.5) is 0 Å². The number of rotatable bonds is 3. The van der Waals surface area contributed by atoms with E-state index in [9.17, 15) is 14.4 Å². The van der Waals surface area contributed by atoms with E-state index < -0.39 is 18.2 Å². The van der Waals surface area contributed by atoms with E-state index in [0.717, 1.165) is 50.5 Å². The van der Waals surface area contributed by atoms with Gasteiger partial charge in [-0.3, -0.25) is 9.59 Å². The van der Waals surface area contributed by atoms with Crippen molar-refractivity contribution < 1.29 is 28.6 Å². The van der Waals surface area contributed by atoms with Crippen LogP contribution in [0.1, 0.15) is 72.6 Å². The molecule has 5 rings (SSSR count). The summed E-state index contributed by atoms with van der Waals surface area (Å²) < 4.78 is 16.1. The first kappa shape index (κ1) is 22.2. The third kappa shape index (κ3) is 3.49. The molecule has 0 amide bonds. The summed E-state index contributed by atoms with van der Waals surface area (Å²) in [5.41, 5.74) is 5.97. The predicted octanol–water partition coefficient (Wildman–Crippen LogP) is 4.85. The second-order valence-electron chi connectivity index (χ2n) is 10.6. The quantitative estimate of drug-likeness (QED) is 0.570. The van der Waals surface area contributed by atoms with Gasteiger partial charge in [-0.2, -0.15) is 0 Å². The number of esters is 3. The molecule has 0 saturated heterocycles. The monoisotopic (exact) mass is 452 g/mol. The van der Waals surface area contributed by atoms with Gasteiger partial charge in [0.05, 0.1) is 0 Å². The van der Waals surface area contributed by atoms with Crippen LogP contribution in [-0.4, -0.2) is 30.3 Å². The Morgan fingerprint density at radius 1 is 1.00 bits per heavy atom. The van der Waals surface area contributed by atoms with Gasteiger partial charge in [0.15, 0.2) is 0 Å². The van der Waals surface area contributed by atoms with Crippen molar-refractivity contribution in [3.05, 3.63) is 46.1 Å². The molecule has 1 saturated carbocycles. The Labute approximate surface area is 194 Å². The minimum absolute atomic E-state index is 0.0422. The third-order valence-corrected chi connectivity index (χ3v) is 8.70. The lowest BCUT2D eigenvalue weighted by atomic mass is 9.52. The SMILES string of the molecule is CC(=O)OC1CCC2(C)C3=C(CCC2C1)C1=CC=C(C2=CC(=O)OC2OC(C)=O)C1(C)CC3. The van der Waals surface area contributed by atoms with Crippen LogP contribution >= 0.6 is 0 Å². The van der Waals surface area contributed by atoms with Crippen molar-refractivity contribution in [3.8, 4) is 0 Å². The lowest BCUT2D eigenvalue weighted by molar-refractivity contribution is -0.172. The van der Waals surface area contributed by atoms with Gasteiger partial charge in [0.25, 0.3) is 6.29 Å². The zero-order chi connectivity index (χ0) is 23.5. The first-order valence-electron chi connectivity index (χ1n) is 12.0. The molecule has 5 atom stereocenters. The third-order valence-electron chi connectivity index (χ3n) is 8.70. The zero-order valence-electron chi connectivity index (χ0n) is 19.9. The van der Waals surface area contributed by atoms with Crippen molar-refractivity contribution in [2.75, 3.05) is 0 Å². The van der Waals surface area contributed by atoms with Crippen molar-refractivity contribution in [2.45, 2.75) is 85.0 Å². The van der Waals surface area contributed by atoms with E-state index in [0.29, 0.717) is 11.5 Å². The molecule has 0 aromatic heterocycles. The van der Waals surface area contributed by atoms with Gasteiger partial charge in [0, 0.05) is 30.9 Å². The Bertz CT molecular complexity index is 1060. The maximum absolute atomic E-state index is 12.0. The van der Waals surface area contributed by atoms with Crippen LogP contribution in [0, 0.1) is 16.7 Å². The topological polar surface area (TPSA) is 78.9 Å². The van der Waals surface area contributed by atoms with Gasteiger partial charge in [-0.1, -0.05) is 31.6 Å². The zero-order valence-corrected chi connectivity index (χ0v) is 19.9. The highest BCUT2D eigenvalue weighted by Gasteiger charge is 2.52. The fraction of sp³-hybridized carbons (Fsp3) is 0.593. The predicted molar refractivity (Wildman–Crippen MR) is 120 cm³/mol. The average Bonchev–Trinajstić information content (AvgIpc) is 3.26. The first-order valence-corrected chi connectivity index (χ1v) is 12.0. The summed E-state index contributed by atoms with van der Waals surface area (Å²) in [6.45, 7) is 7.47. The highest BCUT2D eigenvalue weighted by Crippen LogP contribution is 2.63. The van der Waals surface area contributed by atoms with E-state index in [-0.39, 0.29) is 22.9 Å². The maximum Gasteiger partial charge on any atom is 0.334 e. The minimum Gasteiger partial charge on any atom is -0.463 e. The standard InChI is InChI=1S/C27H32O6/c1-15(28)31-18-9-11-26(3)17(13-18)5-6-19-21-7-8-22(27(21,4)12-10-23(19)26)20-14-24(30)33-25(20)32-16(2)29/h7-8,14,17-18,25H,5-6,9-13H2,1-4H3. The van der Waals surface area contributed by atoms with Crippen molar-refractivity contribution in [1.29, 1.82) is 0 Å². The van der Waals surface area contributed by atoms with Gasteiger partial charge in [0.1, 0.15) is 6.10 Å². The van der Waals surface area contributed by atoms with Gasteiger partial charge in [-0.25, -0.2) is 4.79 Å². The van der Waals surface area contributed by atoms with E-state index in [1.807, 2.05) is 0 Å².